The molecule has 0 saturated carbocycles. The van der Waals surface area contributed by atoms with E-state index in [2.05, 4.69) is 15.4 Å². The Kier molecular flexibility index (Phi) is 5.64. The lowest BCUT2D eigenvalue weighted by atomic mass is 10.2. The third-order valence-corrected chi connectivity index (χ3v) is 5.25. The van der Waals surface area contributed by atoms with E-state index in [9.17, 15) is 4.79 Å². The number of carbonyl (C=O) groups excluding carboxylic acids is 1. The Morgan fingerprint density at radius 1 is 1.24 bits per heavy atom. The molecule has 2 heterocycles. The van der Waals surface area contributed by atoms with E-state index in [-0.39, 0.29) is 24.9 Å². The Morgan fingerprint density at radius 2 is 2.10 bits per heavy atom. The van der Waals surface area contributed by atoms with E-state index in [0.717, 1.165) is 17.0 Å². The van der Waals surface area contributed by atoms with Crippen LogP contribution < -0.4 is 14.8 Å². The Balaban J connectivity index is 1.41. The van der Waals surface area contributed by atoms with Crippen molar-refractivity contribution in [3.63, 3.8) is 0 Å². The van der Waals surface area contributed by atoms with Crippen LogP contribution in [-0.2, 0) is 4.79 Å². The first-order valence-corrected chi connectivity index (χ1v) is 10.1. The van der Waals surface area contributed by atoms with Crippen LogP contribution in [0.5, 0.6) is 11.5 Å². The van der Waals surface area contributed by atoms with Crippen LogP contribution in [0.4, 0.5) is 5.95 Å². The van der Waals surface area contributed by atoms with Crippen molar-refractivity contribution in [3.05, 3.63) is 58.9 Å². The van der Waals surface area contributed by atoms with Crippen LogP contribution in [0.25, 0.3) is 16.2 Å². The molecule has 0 aliphatic rings. The quantitative estimate of drug-likeness (QED) is 0.468. The molecule has 0 bridgehead atoms. The van der Waals surface area contributed by atoms with E-state index >= 15 is 0 Å². The average Bonchev–Trinajstić information content (AvgIpc) is 3.29. The van der Waals surface area contributed by atoms with Crippen LogP contribution >= 0.6 is 22.9 Å². The number of nitrogens with one attached hydrogen (secondary N) is 1. The van der Waals surface area contributed by atoms with Gasteiger partial charge in [-0.25, -0.2) is 4.52 Å². The third kappa shape index (κ3) is 4.33. The third-order valence-electron chi connectivity index (χ3n) is 4.12. The number of hydrogen-bond acceptors (Lipinski definition) is 6. The van der Waals surface area contributed by atoms with Gasteiger partial charge in [0.25, 0.3) is 0 Å². The van der Waals surface area contributed by atoms with Crippen molar-refractivity contribution in [2.75, 3.05) is 19.0 Å². The predicted octanol–water partition coefficient (Wildman–Crippen LogP) is 4.53. The lowest BCUT2D eigenvalue weighted by Gasteiger charge is -2.07. The molecule has 0 saturated heterocycles. The van der Waals surface area contributed by atoms with Crippen molar-refractivity contribution < 1.29 is 14.3 Å². The van der Waals surface area contributed by atoms with E-state index in [4.69, 9.17) is 21.1 Å². The maximum Gasteiger partial charge on any atom is 0.250 e. The van der Waals surface area contributed by atoms with E-state index in [1.54, 1.807) is 23.8 Å². The number of methoxy groups -OCH3 is 1. The van der Waals surface area contributed by atoms with Gasteiger partial charge < -0.3 is 9.47 Å². The zero-order chi connectivity index (χ0) is 20.2. The predicted molar refractivity (Wildman–Crippen MR) is 113 cm³/mol. The summed E-state index contributed by atoms with van der Waals surface area (Å²) in [5.74, 6) is 1.32. The molecule has 0 radical (unpaired) electrons. The highest BCUT2D eigenvalue weighted by Crippen LogP contribution is 2.28. The largest absolute Gasteiger partial charge is 0.497 e. The molecule has 0 spiro atoms. The van der Waals surface area contributed by atoms with E-state index in [0.29, 0.717) is 15.7 Å². The van der Waals surface area contributed by atoms with Crippen LogP contribution in [0.15, 0.2) is 53.9 Å². The zero-order valence-corrected chi connectivity index (χ0v) is 17.0. The highest BCUT2D eigenvalue weighted by Gasteiger charge is 2.14. The van der Waals surface area contributed by atoms with Crippen molar-refractivity contribution in [3.8, 4) is 22.8 Å². The first kappa shape index (κ1) is 19.2. The number of carbonyl (C=O) groups is 1. The number of amides is 1. The summed E-state index contributed by atoms with van der Waals surface area (Å²) in [5, 5.41) is 9.59. The lowest BCUT2D eigenvalue weighted by molar-refractivity contribution is -0.116. The molecule has 2 aromatic heterocycles. The monoisotopic (exact) mass is 428 g/mol. The molecule has 148 valence electrons. The molecular weight excluding hydrogens is 412 g/mol. The summed E-state index contributed by atoms with van der Waals surface area (Å²) < 4.78 is 12.5. The number of rotatable bonds is 7. The fourth-order valence-electron chi connectivity index (χ4n) is 2.72. The molecule has 0 fully saturated rings. The van der Waals surface area contributed by atoms with Crippen LogP contribution in [0.3, 0.4) is 0 Å². The summed E-state index contributed by atoms with van der Waals surface area (Å²) in [7, 11) is 1.63. The summed E-state index contributed by atoms with van der Waals surface area (Å²) in [4.78, 5) is 17.3. The molecule has 1 N–H and O–H groups in total. The van der Waals surface area contributed by atoms with Crippen molar-refractivity contribution in [1.82, 2.24) is 14.6 Å². The minimum atomic E-state index is -0.238. The van der Waals surface area contributed by atoms with Gasteiger partial charge in [0.15, 0.2) is 0 Å². The smallest absolute Gasteiger partial charge is 0.250 e. The summed E-state index contributed by atoms with van der Waals surface area (Å²) in [5.41, 5.74) is 1.82. The summed E-state index contributed by atoms with van der Waals surface area (Å²) in [6.45, 7) is 0.201. The number of halogens is 1. The molecule has 9 heteroatoms. The normalized spacial score (nSPS) is 10.8. The molecule has 4 rings (SSSR count). The Labute approximate surface area is 175 Å². The fraction of sp³-hybridized carbons (Fsp3) is 0.150. The highest BCUT2D eigenvalue weighted by atomic mass is 35.5. The fourth-order valence-corrected chi connectivity index (χ4v) is 3.74. The number of ether oxygens (including phenoxy) is 2. The SMILES string of the molecule is COc1cccc(-c2csc3nc(NC(=O)CCOc4ccccc4Cl)nn23)c1. The highest BCUT2D eigenvalue weighted by molar-refractivity contribution is 7.15. The van der Waals surface area contributed by atoms with Gasteiger partial charge >= 0.3 is 0 Å². The van der Waals surface area contributed by atoms with Gasteiger partial charge in [0.2, 0.25) is 16.8 Å². The maximum absolute atomic E-state index is 12.2. The summed E-state index contributed by atoms with van der Waals surface area (Å²) >= 11 is 7.48. The molecule has 4 aromatic rings. The first-order valence-electron chi connectivity index (χ1n) is 8.80. The Hall–Kier alpha value is -3.10. The van der Waals surface area contributed by atoms with Gasteiger partial charge in [0.1, 0.15) is 11.5 Å². The first-order chi connectivity index (χ1) is 14.1. The lowest BCUT2D eigenvalue weighted by Crippen LogP contribution is -2.16. The van der Waals surface area contributed by atoms with E-state index in [1.165, 1.54) is 11.3 Å². The number of thiazole rings is 1. The summed E-state index contributed by atoms with van der Waals surface area (Å²) in [6, 6.07) is 14.8. The molecule has 0 aliphatic carbocycles. The number of hydrogen-bond donors (Lipinski definition) is 1. The van der Waals surface area contributed by atoms with Gasteiger partial charge in [-0.3, -0.25) is 10.1 Å². The standard InChI is InChI=1S/C20H17ClN4O3S/c1-27-14-6-4-5-13(11-14)16-12-29-20-23-19(24-25(16)20)22-18(26)9-10-28-17-8-3-2-7-15(17)21/h2-8,11-12H,9-10H2,1H3,(H,22,24,26). The van der Waals surface area contributed by atoms with Gasteiger partial charge in [0.05, 0.1) is 30.9 Å². The molecule has 29 heavy (non-hydrogen) atoms. The number of benzene rings is 2. The van der Waals surface area contributed by atoms with Crippen molar-refractivity contribution >= 4 is 39.8 Å². The van der Waals surface area contributed by atoms with Gasteiger partial charge in [-0.1, -0.05) is 35.9 Å². The number of fused-ring (bicyclic) bond motifs is 1. The second-order valence-electron chi connectivity index (χ2n) is 6.06. The molecule has 0 atom stereocenters. The molecular formula is C20H17ClN4O3S. The second-order valence-corrected chi connectivity index (χ2v) is 7.30. The van der Waals surface area contributed by atoms with Crippen LogP contribution in [0.1, 0.15) is 6.42 Å². The number of aromatic nitrogens is 3. The van der Waals surface area contributed by atoms with Crippen LogP contribution in [0.2, 0.25) is 5.02 Å². The van der Waals surface area contributed by atoms with Crippen molar-refractivity contribution in [2.24, 2.45) is 0 Å². The zero-order valence-electron chi connectivity index (χ0n) is 15.5. The molecule has 0 aliphatic heterocycles. The van der Waals surface area contributed by atoms with Crippen LogP contribution in [-0.4, -0.2) is 34.2 Å². The average molecular weight is 429 g/mol. The van der Waals surface area contributed by atoms with E-state index in [1.807, 2.05) is 41.8 Å². The number of anilines is 1. The maximum atomic E-state index is 12.2. The topological polar surface area (TPSA) is 77.8 Å². The molecule has 1 amide bonds. The second kappa shape index (κ2) is 8.50. The van der Waals surface area contributed by atoms with Gasteiger partial charge in [-0.2, -0.15) is 4.98 Å². The van der Waals surface area contributed by atoms with Gasteiger partial charge in [-0.15, -0.1) is 16.4 Å². The summed E-state index contributed by atoms with van der Waals surface area (Å²) in [6.07, 6.45) is 0.154. The molecule has 7 nitrogen and oxygen atoms in total. The Bertz CT molecular complexity index is 1160. The number of para-hydroxylation sites is 1. The molecule has 2 aromatic carbocycles. The van der Waals surface area contributed by atoms with Gasteiger partial charge in [0, 0.05) is 10.9 Å². The Morgan fingerprint density at radius 3 is 2.93 bits per heavy atom. The van der Waals surface area contributed by atoms with Crippen molar-refractivity contribution in [1.29, 1.82) is 0 Å². The van der Waals surface area contributed by atoms with Crippen LogP contribution in [0, 0.1) is 0 Å². The van der Waals surface area contributed by atoms with Crippen molar-refractivity contribution in [2.45, 2.75) is 6.42 Å². The van der Waals surface area contributed by atoms with Gasteiger partial charge in [-0.05, 0) is 24.3 Å². The minimum Gasteiger partial charge on any atom is -0.497 e. The van der Waals surface area contributed by atoms with E-state index < -0.39 is 0 Å². The molecule has 0 unspecified atom stereocenters. The number of nitrogens with zero attached hydrogens (tertiary/aromatic N) is 3. The minimum absolute atomic E-state index is 0.154.